The van der Waals surface area contributed by atoms with E-state index < -0.39 is 0 Å². The zero-order valence-electron chi connectivity index (χ0n) is 13.0. The van der Waals surface area contributed by atoms with Crippen LogP contribution in [-0.2, 0) is 0 Å². The number of Topliss-reactive ketones (excluding diaryl/α,β-unsaturated/α-hetero) is 2. The van der Waals surface area contributed by atoms with Crippen molar-refractivity contribution >= 4 is 11.6 Å². The smallest absolute Gasteiger partial charge is 0.168 e. The van der Waals surface area contributed by atoms with Crippen LogP contribution in [-0.4, -0.2) is 11.6 Å². The lowest BCUT2D eigenvalue weighted by molar-refractivity contribution is 0.0720. The van der Waals surface area contributed by atoms with Crippen LogP contribution in [0, 0.1) is 23.7 Å². The third kappa shape index (κ3) is 1.84. The molecule has 0 spiro atoms. The Hall–Kier alpha value is -2.68. The van der Waals surface area contributed by atoms with Gasteiger partial charge in [0.15, 0.2) is 11.6 Å². The second-order valence-corrected chi connectivity index (χ2v) is 6.85. The number of carbonyl (C=O) groups excluding carboxylic acids is 2. The number of carbonyl (C=O) groups is 2. The van der Waals surface area contributed by atoms with Crippen molar-refractivity contribution in [3.8, 4) is 11.5 Å². The molecular weight excluding hydrogens is 300 g/mol. The minimum absolute atomic E-state index is 0.102. The predicted molar refractivity (Wildman–Crippen MR) is 89.3 cm³/mol. The number of fused-ring (bicyclic) bond motifs is 6. The lowest BCUT2D eigenvalue weighted by Crippen LogP contribution is -2.38. The average molecular weight is 316 g/mol. The molecular formula is C21H16O3. The summed E-state index contributed by atoms with van der Waals surface area (Å²) in [5.41, 5.74) is 1.08. The molecule has 4 atom stereocenters. The van der Waals surface area contributed by atoms with Gasteiger partial charge >= 0.3 is 0 Å². The molecule has 1 saturated carbocycles. The molecule has 4 unspecified atom stereocenters. The van der Waals surface area contributed by atoms with Gasteiger partial charge < -0.3 is 4.74 Å². The monoisotopic (exact) mass is 316 g/mol. The maximum atomic E-state index is 13.0. The SMILES string of the molecule is O=C1c2ccc(Oc3ccccc3)cc2C(=O)C2C3C=CC(C3)C12. The van der Waals surface area contributed by atoms with Crippen LogP contribution in [0.3, 0.4) is 0 Å². The third-order valence-corrected chi connectivity index (χ3v) is 5.57. The van der Waals surface area contributed by atoms with E-state index in [-0.39, 0.29) is 35.2 Å². The Morgan fingerprint density at radius 3 is 2.12 bits per heavy atom. The number of ketones is 2. The minimum atomic E-state index is -0.174. The molecule has 2 aromatic rings. The number of para-hydroxylation sites is 1. The topological polar surface area (TPSA) is 43.4 Å². The van der Waals surface area contributed by atoms with Crippen molar-refractivity contribution in [2.24, 2.45) is 23.7 Å². The van der Waals surface area contributed by atoms with Crippen molar-refractivity contribution in [2.45, 2.75) is 6.42 Å². The highest BCUT2D eigenvalue weighted by molar-refractivity contribution is 6.17. The zero-order chi connectivity index (χ0) is 16.3. The summed E-state index contributed by atoms with van der Waals surface area (Å²) < 4.78 is 5.82. The van der Waals surface area contributed by atoms with Crippen molar-refractivity contribution in [1.82, 2.24) is 0 Å². The summed E-state index contributed by atoms with van der Waals surface area (Å²) in [6.45, 7) is 0. The van der Waals surface area contributed by atoms with Crippen molar-refractivity contribution in [3.05, 3.63) is 71.8 Å². The van der Waals surface area contributed by atoms with E-state index in [0.717, 1.165) is 6.42 Å². The molecule has 5 rings (SSSR count). The van der Waals surface area contributed by atoms with E-state index in [0.29, 0.717) is 22.6 Å². The second-order valence-electron chi connectivity index (χ2n) is 6.85. The summed E-state index contributed by atoms with van der Waals surface area (Å²) in [6.07, 6.45) is 5.18. The van der Waals surface area contributed by atoms with Crippen molar-refractivity contribution < 1.29 is 14.3 Å². The molecule has 0 saturated heterocycles. The van der Waals surface area contributed by atoms with E-state index in [4.69, 9.17) is 4.74 Å². The van der Waals surface area contributed by atoms with Gasteiger partial charge in [0.25, 0.3) is 0 Å². The fourth-order valence-corrected chi connectivity index (χ4v) is 4.53. The Kier molecular flexibility index (Phi) is 2.81. The first-order valence-corrected chi connectivity index (χ1v) is 8.36. The highest BCUT2D eigenvalue weighted by Gasteiger charge is 2.54. The van der Waals surface area contributed by atoms with Gasteiger partial charge in [-0.2, -0.15) is 0 Å². The van der Waals surface area contributed by atoms with Crippen LogP contribution in [0.1, 0.15) is 27.1 Å². The number of benzene rings is 2. The van der Waals surface area contributed by atoms with Gasteiger partial charge in [-0.3, -0.25) is 9.59 Å². The summed E-state index contributed by atoms with van der Waals surface area (Å²) in [5, 5.41) is 0. The molecule has 2 bridgehead atoms. The van der Waals surface area contributed by atoms with E-state index in [9.17, 15) is 9.59 Å². The zero-order valence-corrected chi connectivity index (χ0v) is 13.0. The lowest BCUT2D eigenvalue weighted by Gasteiger charge is -2.31. The molecule has 24 heavy (non-hydrogen) atoms. The van der Waals surface area contributed by atoms with Crippen LogP contribution < -0.4 is 4.74 Å². The molecule has 0 heterocycles. The van der Waals surface area contributed by atoms with Gasteiger partial charge in [-0.15, -0.1) is 0 Å². The summed E-state index contributed by atoms with van der Waals surface area (Å²) in [5.74, 6) is 1.68. The van der Waals surface area contributed by atoms with Crippen LogP contribution in [0.15, 0.2) is 60.7 Å². The van der Waals surface area contributed by atoms with Crippen LogP contribution >= 0.6 is 0 Å². The quantitative estimate of drug-likeness (QED) is 0.776. The highest BCUT2D eigenvalue weighted by atomic mass is 16.5. The second kappa shape index (κ2) is 4.91. The molecule has 2 aromatic carbocycles. The Balaban J connectivity index is 1.54. The molecule has 3 nitrogen and oxygen atoms in total. The van der Waals surface area contributed by atoms with Gasteiger partial charge in [-0.25, -0.2) is 0 Å². The van der Waals surface area contributed by atoms with Gasteiger partial charge in [0, 0.05) is 23.0 Å². The number of allylic oxidation sites excluding steroid dienone is 2. The summed E-state index contributed by atoms with van der Waals surface area (Å²) >= 11 is 0. The highest BCUT2D eigenvalue weighted by Crippen LogP contribution is 2.53. The number of rotatable bonds is 2. The predicted octanol–water partition coefficient (Wildman–Crippen LogP) is 4.30. The molecule has 3 aliphatic rings. The van der Waals surface area contributed by atoms with Crippen LogP contribution in [0.5, 0.6) is 11.5 Å². The third-order valence-electron chi connectivity index (χ3n) is 5.57. The Morgan fingerprint density at radius 2 is 1.42 bits per heavy atom. The van der Waals surface area contributed by atoms with E-state index in [1.807, 2.05) is 30.3 Å². The van der Waals surface area contributed by atoms with Gasteiger partial charge in [0.2, 0.25) is 0 Å². The first-order chi connectivity index (χ1) is 11.7. The molecule has 1 fully saturated rings. The van der Waals surface area contributed by atoms with Crippen LogP contribution in [0.2, 0.25) is 0 Å². The fraction of sp³-hybridized carbons (Fsp3) is 0.238. The largest absolute Gasteiger partial charge is 0.457 e. The summed E-state index contributed by atoms with van der Waals surface area (Å²) in [6, 6.07) is 14.7. The van der Waals surface area contributed by atoms with Crippen LogP contribution in [0.4, 0.5) is 0 Å². The normalized spacial score (nSPS) is 29.5. The molecule has 0 N–H and O–H groups in total. The Morgan fingerprint density at radius 1 is 0.750 bits per heavy atom. The Bertz CT molecular complexity index is 881. The molecule has 0 radical (unpaired) electrons. The van der Waals surface area contributed by atoms with Gasteiger partial charge in [-0.1, -0.05) is 30.4 Å². The van der Waals surface area contributed by atoms with Gasteiger partial charge in [0.1, 0.15) is 11.5 Å². The standard InChI is InChI=1S/C21H16O3/c22-20-16-9-8-15(24-14-4-2-1-3-5-14)11-17(16)21(23)19-13-7-6-12(10-13)18(19)20/h1-9,11-13,18-19H,10H2. The first kappa shape index (κ1) is 13.7. The molecule has 3 heteroatoms. The first-order valence-electron chi connectivity index (χ1n) is 8.36. The maximum absolute atomic E-state index is 13.0. The van der Waals surface area contributed by atoms with E-state index in [1.165, 1.54) is 0 Å². The molecule has 3 aliphatic carbocycles. The fourth-order valence-electron chi connectivity index (χ4n) is 4.53. The molecule has 0 aromatic heterocycles. The molecule has 0 aliphatic heterocycles. The molecule has 118 valence electrons. The Labute approximate surface area is 140 Å². The minimum Gasteiger partial charge on any atom is -0.457 e. The number of ether oxygens (including phenoxy) is 1. The maximum Gasteiger partial charge on any atom is 0.168 e. The van der Waals surface area contributed by atoms with Gasteiger partial charge in [0.05, 0.1) is 0 Å². The summed E-state index contributed by atoms with van der Waals surface area (Å²) in [7, 11) is 0. The number of hydrogen-bond acceptors (Lipinski definition) is 3. The van der Waals surface area contributed by atoms with Crippen molar-refractivity contribution in [2.75, 3.05) is 0 Å². The average Bonchev–Trinajstić information content (AvgIpc) is 3.22. The van der Waals surface area contributed by atoms with Crippen molar-refractivity contribution in [1.29, 1.82) is 0 Å². The van der Waals surface area contributed by atoms with Crippen molar-refractivity contribution in [3.63, 3.8) is 0 Å². The lowest BCUT2D eigenvalue weighted by atomic mass is 9.69. The number of hydrogen-bond donors (Lipinski definition) is 0. The summed E-state index contributed by atoms with van der Waals surface area (Å²) in [4.78, 5) is 25.9. The van der Waals surface area contributed by atoms with E-state index in [2.05, 4.69) is 12.2 Å². The molecule has 0 amide bonds. The van der Waals surface area contributed by atoms with E-state index in [1.54, 1.807) is 18.2 Å². The van der Waals surface area contributed by atoms with E-state index >= 15 is 0 Å². The van der Waals surface area contributed by atoms with Gasteiger partial charge in [-0.05, 0) is 48.6 Å². The van der Waals surface area contributed by atoms with Crippen LogP contribution in [0.25, 0.3) is 0 Å².